The van der Waals surface area contributed by atoms with E-state index in [0.717, 1.165) is 6.26 Å². The fourth-order valence-electron chi connectivity index (χ4n) is 3.17. The molecule has 0 radical (unpaired) electrons. The normalized spacial score (nSPS) is 13.8. The van der Waals surface area contributed by atoms with Crippen LogP contribution in [0.2, 0.25) is 0 Å². The van der Waals surface area contributed by atoms with Crippen molar-refractivity contribution in [1.29, 1.82) is 5.26 Å². The Balaban J connectivity index is 2.28. The van der Waals surface area contributed by atoms with E-state index in [-0.39, 0.29) is 23.4 Å². The third kappa shape index (κ3) is 6.80. The van der Waals surface area contributed by atoms with Crippen LogP contribution >= 0.6 is 0 Å². The van der Waals surface area contributed by atoms with E-state index < -0.39 is 34.0 Å². The van der Waals surface area contributed by atoms with Crippen LogP contribution in [0.4, 0.5) is 13.2 Å². The summed E-state index contributed by atoms with van der Waals surface area (Å²) in [7, 11) is -3.35. The number of carbonyl (C=O) groups excluding carboxylic acids is 1. The van der Waals surface area contributed by atoms with Gasteiger partial charge in [-0.2, -0.15) is 18.4 Å². The second-order valence-electron chi connectivity index (χ2n) is 7.28. The molecule has 2 rings (SSSR count). The van der Waals surface area contributed by atoms with Crippen LogP contribution < -0.4 is 10.6 Å². The molecule has 0 aliphatic carbocycles. The molecule has 6 nitrogen and oxygen atoms in total. The molecule has 1 unspecified atom stereocenters. The first-order valence-corrected chi connectivity index (χ1v) is 11.7. The van der Waals surface area contributed by atoms with Gasteiger partial charge in [0.15, 0.2) is 9.84 Å². The number of benzene rings is 2. The third-order valence-corrected chi connectivity index (χ3v) is 5.92. The summed E-state index contributed by atoms with van der Waals surface area (Å²) in [5.41, 5.74) is 1.20. The van der Waals surface area contributed by atoms with Gasteiger partial charge in [-0.15, -0.1) is 0 Å². The number of halogens is 3. The smallest absolute Gasteiger partial charge is 0.342 e. The van der Waals surface area contributed by atoms with Crippen molar-refractivity contribution in [2.45, 2.75) is 42.9 Å². The van der Waals surface area contributed by atoms with Gasteiger partial charge < -0.3 is 5.32 Å². The number of rotatable bonds is 9. The van der Waals surface area contributed by atoms with Gasteiger partial charge in [0.25, 0.3) is 0 Å². The predicted octanol–water partition coefficient (Wildman–Crippen LogP) is 3.76. The first-order chi connectivity index (χ1) is 15.0. The van der Waals surface area contributed by atoms with Gasteiger partial charge in [0.2, 0.25) is 5.91 Å². The maximum absolute atomic E-state index is 13.8. The van der Waals surface area contributed by atoms with Gasteiger partial charge >= 0.3 is 6.18 Å². The monoisotopic (exact) mass is 467 g/mol. The molecule has 2 N–H and O–H groups in total. The van der Waals surface area contributed by atoms with Crippen LogP contribution in [0.15, 0.2) is 53.4 Å². The highest BCUT2D eigenvalue weighted by atomic mass is 32.2. The van der Waals surface area contributed by atoms with Crippen molar-refractivity contribution in [2.75, 3.05) is 12.8 Å². The minimum Gasteiger partial charge on any atom is -0.342 e. The van der Waals surface area contributed by atoms with Gasteiger partial charge in [-0.25, -0.2) is 8.42 Å². The van der Waals surface area contributed by atoms with Crippen molar-refractivity contribution in [3.63, 3.8) is 0 Å². The van der Waals surface area contributed by atoms with E-state index in [9.17, 15) is 26.4 Å². The summed E-state index contributed by atoms with van der Waals surface area (Å²) in [5.74, 6) is -0.662. The molecule has 2 aromatic rings. The highest BCUT2D eigenvalue weighted by Crippen LogP contribution is 2.34. The van der Waals surface area contributed by atoms with Crippen LogP contribution in [0.5, 0.6) is 0 Å². The zero-order chi connectivity index (χ0) is 23.9. The molecule has 0 aliphatic heterocycles. The average molecular weight is 468 g/mol. The first-order valence-electron chi connectivity index (χ1n) is 9.85. The Morgan fingerprint density at radius 2 is 1.59 bits per heavy atom. The molecule has 2 aromatic carbocycles. The van der Waals surface area contributed by atoms with Gasteiger partial charge in [0.05, 0.1) is 17.0 Å². The van der Waals surface area contributed by atoms with Crippen molar-refractivity contribution in [3.8, 4) is 17.2 Å². The Morgan fingerprint density at radius 3 is 2.03 bits per heavy atom. The third-order valence-electron chi connectivity index (χ3n) is 4.79. The molecule has 2 atom stereocenters. The Morgan fingerprint density at radius 1 is 1.06 bits per heavy atom. The van der Waals surface area contributed by atoms with E-state index in [0.29, 0.717) is 17.5 Å². The molecular weight excluding hydrogens is 443 g/mol. The van der Waals surface area contributed by atoms with Gasteiger partial charge in [-0.1, -0.05) is 49.7 Å². The molecule has 172 valence electrons. The lowest BCUT2D eigenvalue weighted by molar-refractivity contribution is -0.161. The van der Waals surface area contributed by atoms with Crippen molar-refractivity contribution >= 4 is 15.7 Å². The fourth-order valence-corrected chi connectivity index (χ4v) is 3.80. The summed E-state index contributed by atoms with van der Waals surface area (Å²) >= 11 is 0. The number of amides is 1. The summed E-state index contributed by atoms with van der Waals surface area (Å²) in [5, 5.41) is 13.3. The number of nitrogens with one attached hydrogen (secondary N) is 2. The zero-order valence-electron chi connectivity index (χ0n) is 17.6. The number of sulfone groups is 1. The molecule has 0 aromatic heterocycles. The molecule has 0 saturated carbocycles. The second-order valence-corrected chi connectivity index (χ2v) is 9.29. The van der Waals surface area contributed by atoms with E-state index in [2.05, 4.69) is 10.6 Å². The molecule has 0 saturated heterocycles. The van der Waals surface area contributed by atoms with E-state index in [1.54, 1.807) is 25.1 Å². The molecule has 0 aliphatic rings. The summed E-state index contributed by atoms with van der Waals surface area (Å²) in [6.07, 6.45) is -2.91. The van der Waals surface area contributed by atoms with Crippen LogP contribution in [-0.2, 0) is 14.6 Å². The standard InChI is InChI=1S/C22H24F3N3O3S/c1-3-4-19(21(29)27-14-13-26)28-20(22(23,24)25)17-7-5-15(6-8-17)16-9-11-18(12-10-16)32(2,30)31/h5-12,19-20,28H,3-4,14H2,1-2H3,(H,27,29)/t19-,20?/m0/s1. The molecule has 0 heterocycles. The van der Waals surface area contributed by atoms with E-state index in [1.165, 1.54) is 36.4 Å². The number of nitriles is 1. The first kappa shape index (κ1) is 25.4. The highest BCUT2D eigenvalue weighted by molar-refractivity contribution is 7.90. The van der Waals surface area contributed by atoms with Crippen molar-refractivity contribution in [2.24, 2.45) is 0 Å². The lowest BCUT2D eigenvalue weighted by Crippen LogP contribution is -2.49. The van der Waals surface area contributed by atoms with E-state index in [4.69, 9.17) is 5.26 Å². The second kappa shape index (κ2) is 10.6. The minimum absolute atomic E-state index is 0.0665. The van der Waals surface area contributed by atoms with Crippen LogP contribution in [0.1, 0.15) is 31.4 Å². The van der Waals surface area contributed by atoms with Crippen LogP contribution in [0.25, 0.3) is 11.1 Å². The van der Waals surface area contributed by atoms with Crippen LogP contribution in [-0.4, -0.2) is 39.3 Å². The fraction of sp³-hybridized carbons (Fsp3) is 0.364. The van der Waals surface area contributed by atoms with Crippen LogP contribution in [0.3, 0.4) is 0 Å². The van der Waals surface area contributed by atoms with Crippen molar-refractivity contribution in [3.05, 3.63) is 54.1 Å². The molecular formula is C22H24F3N3O3S. The number of alkyl halides is 3. The summed E-state index contributed by atoms with van der Waals surface area (Å²) < 4.78 is 64.5. The Kier molecular flexibility index (Phi) is 8.41. The molecule has 1 amide bonds. The number of carbonyl (C=O) groups is 1. The molecule has 10 heteroatoms. The SMILES string of the molecule is CCC[C@H](NC(c1ccc(-c2ccc(S(C)(=O)=O)cc2)cc1)C(F)(F)F)C(=O)NCC#N. The Bertz CT molecular complexity index is 1060. The lowest BCUT2D eigenvalue weighted by Gasteiger charge is -2.27. The summed E-state index contributed by atoms with van der Waals surface area (Å²) in [4.78, 5) is 12.3. The predicted molar refractivity (Wildman–Crippen MR) is 114 cm³/mol. The maximum Gasteiger partial charge on any atom is 0.407 e. The van der Waals surface area contributed by atoms with Gasteiger partial charge in [0, 0.05) is 6.26 Å². The van der Waals surface area contributed by atoms with E-state index >= 15 is 0 Å². The van der Waals surface area contributed by atoms with Crippen LogP contribution in [0, 0.1) is 11.3 Å². The zero-order valence-corrected chi connectivity index (χ0v) is 18.4. The molecule has 0 spiro atoms. The number of hydrogen-bond acceptors (Lipinski definition) is 5. The molecule has 0 fully saturated rings. The largest absolute Gasteiger partial charge is 0.407 e. The van der Waals surface area contributed by atoms with Crippen molar-refractivity contribution < 1.29 is 26.4 Å². The maximum atomic E-state index is 13.8. The van der Waals surface area contributed by atoms with E-state index in [1.807, 2.05) is 0 Å². The molecule has 32 heavy (non-hydrogen) atoms. The highest BCUT2D eigenvalue weighted by Gasteiger charge is 2.42. The Hall–Kier alpha value is -2.90. The van der Waals surface area contributed by atoms with Gasteiger partial charge in [-0.3, -0.25) is 10.1 Å². The van der Waals surface area contributed by atoms with Gasteiger partial charge in [0.1, 0.15) is 12.6 Å². The number of nitrogens with zero attached hydrogens (tertiary/aromatic N) is 1. The lowest BCUT2D eigenvalue weighted by atomic mass is 9.99. The number of hydrogen-bond donors (Lipinski definition) is 2. The topological polar surface area (TPSA) is 99.1 Å². The quantitative estimate of drug-likeness (QED) is 0.547. The summed E-state index contributed by atoms with van der Waals surface area (Å²) in [6.45, 7) is 1.46. The average Bonchev–Trinajstić information content (AvgIpc) is 2.73. The van der Waals surface area contributed by atoms with Gasteiger partial charge in [-0.05, 0) is 35.2 Å². The minimum atomic E-state index is -4.65. The molecule has 0 bridgehead atoms. The summed E-state index contributed by atoms with van der Waals surface area (Å²) in [6, 6.07) is 10.3. The van der Waals surface area contributed by atoms with Crippen molar-refractivity contribution in [1.82, 2.24) is 10.6 Å². The Labute approximate surface area is 185 Å².